The second-order valence-electron chi connectivity index (χ2n) is 5.77. The average Bonchev–Trinajstić information content (AvgIpc) is 2.68. The van der Waals surface area contributed by atoms with Crippen molar-refractivity contribution >= 4 is 0 Å². The van der Waals surface area contributed by atoms with Gasteiger partial charge in [0.2, 0.25) is 0 Å². The van der Waals surface area contributed by atoms with E-state index in [1.54, 1.807) is 0 Å². The van der Waals surface area contributed by atoms with Crippen LogP contribution in [-0.4, -0.2) is 34.8 Å². The van der Waals surface area contributed by atoms with E-state index < -0.39 is 17.5 Å². The number of ether oxygens (including phenoxy) is 3. The van der Waals surface area contributed by atoms with Crippen LogP contribution in [0.1, 0.15) is 26.3 Å². The first kappa shape index (κ1) is 13.1. The van der Waals surface area contributed by atoms with E-state index in [1.807, 2.05) is 51.1 Å². The largest absolute Gasteiger partial charge is 0.367 e. The molecule has 2 heterocycles. The van der Waals surface area contributed by atoms with E-state index in [1.165, 1.54) is 0 Å². The standard InChI is InChI=1S/C15H20O4/c1-10-14(2)12(15(3,18-10)13(16)19-14)17-9-11-7-5-4-6-8-11/h4-8,10,12-13,16H,9H2,1-3H3/t10-,12-,13-,14+,15-/m1/s1. The van der Waals surface area contributed by atoms with Gasteiger partial charge in [-0.2, -0.15) is 0 Å². The molecule has 0 aromatic heterocycles. The monoisotopic (exact) mass is 264 g/mol. The van der Waals surface area contributed by atoms with Crippen molar-refractivity contribution in [1.29, 1.82) is 0 Å². The molecule has 3 rings (SSSR count). The molecule has 4 heteroatoms. The smallest absolute Gasteiger partial charge is 0.187 e. The van der Waals surface area contributed by atoms with Crippen molar-refractivity contribution in [3.8, 4) is 0 Å². The zero-order valence-electron chi connectivity index (χ0n) is 11.5. The van der Waals surface area contributed by atoms with Crippen molar-refractivity contribution in [3.05, 3.63) is 35.9 Å². The van der Waals surface area contributed by atoms with Gasteiger partial charge >= 0.3 is 0 Å². The highest BCUT2D eigenvalue weighted by atomic mass is 16.7. The van der Waals surface area contributed by atoms with Crippen LogP contribution in [0.25, 0.3) is 0 Å². The predicted molar refractivity (Wildman–Crippen MR) is 69.5 cm³/mol. The fraction of sp³-hybridized carbons (Fsp3) is 0.600. The summed E-state index contributed by atoms with van der Waals surface area (Å²) in [7, 11) is 0. The molecule has 2 fully saturated rings. The van der Waals surface area contributed by atoms with E-state index >= 15 is 0 Å². The molecule has 2 saturated heterocycles. The second-order valence-corrected chi connectivity index (χ2v) is 5.77. The Labute approximate surface area is 113 Å². The van der Waals surface area contributed by atoms with E-state index in [4.69, 9.17) is 14.2 Å². The summed E-state index contributed by atoms with van der Waals surface area (Å²) in [5.41, 5.74) is -0.283. The summed E-state index contributed by atoms with van der Waals surface area (Å²) in [6.07, 6.45) is -1.30. The topological polar surface area (TPSA) is 47.9 Å². The molecule has 0 aliphatic carbocycles. The minimum Gasteiger partial charge on any atom is -0.367 e. The minimum atomic E-state index is -0.936. The molecular formula is C15H20O4. The number of hydrogen-bond donors (Lipinski definition) is 1. The quantitative estimate of drug-likeness (QED) is 0.905. The lowest BCUT2D eigenvalue weighted by atomic mass is 9.90. The van der Waals surface area contributed by atoms with Crippen LogP contribution in [0.2, 0.25) is 0 Å². The maximum atomic E-state index is 10.0. The van der Waals surface area contributed by atoms with Crippen LogP contribution in [0.5, 0.6) is 0 Å². The Balaban J connectivity index is 1.78. The molecule has 2 aliphatic rings. The fourth-order valence-electron chi connectivity index (χ4n) is 3.13. The van der Waals surface area contributed by atoms with Gasteiger partial charge < -0.3 is 19.3 Å². The number of fused-ring (bicyclic) bond motifs is 2. The summed E-state index contributed by atoms with van der Waals surface area (Å²) in [6.45, 7) is 6.23. The Bertz CT molecular complexity index is 440. The molecule has 0 saturated carbocycles. The molecule has 19 heavy (non-hydrogen) atoms. The molecule has 0 amide bonds. The Hall–Kier alpha value is -0.940. The van der Waals surface area contributed by atoms with Crippen LogP contribution in [-0.2, 0) is 20.8 Å². The van der Waals surface area contributed by atoms with Crippen molar-refractivity contribution in [3.63, 3.8) is 0 Å². The minimum absolute atomic E-state index is 0.0957. The number of rotatable bonds is 3. The van der Waals surface area contributed by atoms with Gasteiger partial charge in [-0.25, -0.2) is 0 Å². The highest BCUT2D eigenvalue weighted by molar-refractivity contribution is 5.17. The summed E-state index contributed by atoms with van der Waals surface area (Å²) in [4.78, 5) is 0. The van der Waals surface area contributed by atoms with Gasteiger partial charge in [-0.05, 0) is 26.3 Å². The first-order valence-corrected chi connectivity index (χ1v) is 6.66. The third-order valence-corrected chi connectivity index (χ3v) is 4.39. The highest BCUT2D eigenvalue weighted by Gasteiger charge is 2.70. The molecule has 1 aromatic rings. The average molecular weight is 264 g/mol. The lowest BCUT2D eigenvalue weighted by Crippen LogP contribution is -2.45. The van der Waals surface area contributed by atoms with Crippen LogP contribution in [0.3, 0.4) is 0 Å². The van der Waals surface area contributed by atoms with Crippen molar-refractivity contribution in [2.45, 2.75) is 57.1 Å². The molecule has 2 aliphatic heterocycles. The normalized spacial score (nSPS) is 44.7. The summed E-state index contributed by atoms with van der Waals surface area (Å²) in [6, 6.07) is 9.97. The molecule has 5 atom stereocenters. The Morgan fingerprint density at radius 3 is 2.42 bits per heavy atom. The number of aliphatic hydroxyl groups is 1. The van der Waals surface area contributed by atoms with Crippen LogP contribution >= 0.6 is 0 Å². The van der Waals surface area contributed by atoms with Gasteiger partial charge in [-0.15, -0.1) is 0 Å². The van der Waals surface area contributed by atoms with Crippen molar-refractivity contribution in [2.75, 3.05) is 0 Å². The van der Waals surface area contributed by atoms with E-state index in [0.29, 0.717) is 6.61 Å². The van der Waals surface area contributed by atoms with Gasteiger partial charge in [0.05, 0.1) is 12.7 Å². The fourth-order valence-corrected chi connectivity index (χ4v) is 3.13. The van der Waals surface area contributed by atoms with Crippen molar-refractivity contribution in [2.24, 2.45) is 0 Å². The molecule has 4 nitrogen and oxygen atoms in total. The first-order chi connectivity index (χ1) is 8.97. The summed E-state index contributed by atoms with van der Waals surface area (Å²) < 4.78 is 17.5. The Morgan fingerprint density at radius 1 is 1.16 bits per heavy atom. The summed E-state index contributed by atoms with van der Waals surface area (Å²) in [5, 5.41) is 10.0. The molecule has 104 valence electrons. The molecule has 2 bridgehead atoms. The van der Waals surface area contributed by atoms with Gasteiger partial charge in [-0.1, -0.05) is 30.3 Å². The van der Waals surface area contributed by atoms with Gasteiger partial charge in [0, 0.05) is 0 Å². The molecule has 1 aromatic carbocycles. The maximum Gasteiger partial charge on any atom is 0.187 e. The Kier molecular flexibility index (Phi) is 2.94. The highest BCUT2D eigenvalue weighted by Crippen LogP contribution is 2.51. The van der Waals surface area contributed by atoms with Crippen molar-refractivity contribution < 1.29 is 19.3 Å². The molecule has 1 N–H and O–H groups in total. The van der Waals surface area contributed by atoms with Gasteiger partial charge in [-0.3, -0.25) is 0 Å². The molecule has 0 radical (unpaired) electrons. The van der Waals surface area contributed by atoms with E-state index in [2.05, 4.69) is 0 Å². The molecular weight excluding hydrogens is 244 g/mol. The maximum absolute atomic E-state index is 10.0. The lowest BCUT2D eigenvalue weighted by molar-refractivity contribution is -0.271. The van der Waals surface area contributed by atoms with E-state index in [0.717, 1.165) is 5.56 Å². The number of aliphatic hydroxyl groups excluding tert-OH is 1. The Morgan fingerprint density at radius 2 is 1.84 bits per heavy atom. The zero-order chi connectivity index (χ0) is 13.7. The third kappa shape index (κ3) is 1.82. The van der Waals surface area contributed by atoms with Crippen LogP contribution in [0, 0.1) is 0 Å². The first-order valence-electron chi connectivity index (χ1n) is 6.66. The van der Waals surface area contributed by atoms with Gasteiger partial charge in [0.15, 0.2) is 6.29 Å². The molecule has 0 unspecified atom stereocenters. The SMILES string of the molecule is C[C@H]1O[C@]2(C)[C@H](OCc3ccccc3)[C@@]1(C)O[C@H]2O. The van der Waals surface area contributed by atoms with Crippen LogP contribution in [0.4, 0.5) is 0 Å². The summed E-state index contributed by atoms with van der Waals surface area (Å²) >= 11 is 0. The predicted octanol–water partition coefficient (Wildman–Crippen LogP) is 1.86. The van der Waals surface area contributed by atoms with Crippen LogP contribution < -0.4 is 0 Å². The van der Waals surface area contributed by atoms with Crippen molar-refractivity contribution in [1.82, 2.24) is 0 Å². The second kappa shape index (κ2) is 4.28. The number of hydrogen-bond acceptors (Lipinski definition) is 4. The van der Waals surface area contributed by atoms with E-state index in [9.17, 15) is 5.11 Å². The number of benzene rings is 1. The lowest BCUT2D eigenvalue weighted by Gasteiger charge is -2.33. The van der Waals surface area contributed by atoms with Gasteiger partial charge in [0.1, 0.15) is 17.3 Å². The third-order valence-electron chi connectivity index (χ3n) is 4.39. The van der Waals surface area contributed by atoms with E-state index in [-0.39, 0.29) is 12.2 Å². The summed E-state index contributed by atoms with van der Waals surface area (Å²) in [5.74, 6) is 0. The van der Waals surface area contributed by atoms with Crippen LogP contribution in [0.15, 0.2) is 30.3 Å². The zero-order valence-corrected chi connectivity index (χ0v) is 11.5. The molecule has 0 spiro atoms. The van der Waals surface area contributed by atoms with Gasteiger partial charge in [0.25, 0.3) is 0 Å².